The second-order valence-electron chi connectivity index (χ2n) is 3.19. The molecule has 0 radical (unpaired) electrons. The Morgan fingerprint density at radius 2 is 2.29 bits per heavy atom. The molecular weight excluding hydrogens is 225 g/mol. The molecule has 0 fully saturated rings. The lowest BCUT2D eigenvalue weighted by atomic mass is 10.3. The van der Waals surface area contributed by atoms with Crippen LogP contribution in [0.5, 0.6) is 5.75 Å². The Morgan fingerprint density at radius 1 is 1.47 bits per heavy atom. The second kappa shape index (κ2) is 4.60. The lowest BCUT2D eigenvalue weighted by Gasteiger charge is -2.04. The largest absolute Gasteiger partial charge is 0.494 e. The third-order valence-electron chi connectivity index (χ3n) is 2.07. The van der Waals surface area contributed by atoms with E-state index in [2.05, 4.69) is 20.7 Å². The first-order valence-corrected chi connectivity index (χ1v) is 4.75. The van der Waals surface area contributed by atoms with Crippen LogP contribution in [-0.2, 0) is 0 Å². The van der Waals surface area contributed by atoms with E-state index in [4.69, 9.17) is 10.5 Å². The molecule has 1 aliphatic rings. The first-order valence-electron chi connectivity index (χ1n) is 4.75. The lowest BCUT2D eigenvalue weighted by Crippen LogP contribution is -2.22. The summed E-state index contributed by atoms with van der Waals surface area (Å²) in [4.78, 5) is 0. The number of benzene rings is 1. The van der Waals surface area contributed by atoms with E-state index in [0.717, 1.165) is 0 Å². The van der Waals surface area contributed by atoms with Crippen LogP contribution in [0.25, 0.3) is 0 Å². The number of ether oxygens (including phenoxy) is 1. The van der Waals surface area contributed by atoms with Crippen LogP contribution < -0.4 is 15.9 Å². The summed E-state index contributed by atoms with van der Waals surface area (Å²) in [5, 5.41) is 11.1. The molecule has 1 aliphatic heterocycles. The molecule has 7 heteroatoms. The Bertz CT molecular complexity index is 523. The SMILES string of the molecule is COc1ccc(N/N=C2\C=NN=C2N)cc1F. The third kappa shape index (κ3) is 2.39. The molecule has 0 saturated heterocycles. The van der Waals surface area contributed by atoms with Gasteiger partial charge in [-0.3, -0.25) is 5.43 Å². The molecule has 2 rings (SSSR count). The van der Waals surface area contributed by atoms with Crippen molar-refractivity contribution in [2.75, 3.05) is 12.5 Å². The Hall–Kier alpha value is -2.44. The van der Waals surface area contributed by atoms with E-state index >= 15 is 0 Å². The summed E-state index contributed by atoms with van der Waals surface area (Å²) in [7, 11) is 1.40. The number of halogens is 1. The Balaban J connectivity index is 2.12. The van der Waals surface area contributed by atoms with Crippen LogP contribution in [0.1, 0.15) is 0 Å². The van der Waals surface area contributed by atoms with Crippen LogP contribution in [0.2, 0.25) is 0 Å². The maximum Gasteiger partial charge on any atom is 0.175 e. The van der Waals surface area contributed by atoms with Crippen molar-refractivity contribution in [3.8, 4) is 5.75 Å². The van der Waals surface area contributed by atoms with Crippen LogP contribution in [0.15, 0.2) is 33.5 Å². The van der Waals surface area contributed by atoms with Gasteiger partial charge in [0, 0.05) is 6.07 Å². The maximum atomic E-state index is 13.3. The molecule has 88 valence electrons. The zero-order chi connectivity index (χ0) is 12.3. The van der Waals surface area contributed by atoms with Gasteiger partial charge in [-0.2, -0.15) is 10.2 Å². The monoisotopic (exact) mass is 235 g/mol. The molecule has 0 unspecified atom stereocenters. The average Bonchev–Trinajstić information content (AvgIpc) is 2.72. The van der Waals surface area contributed by atoms with E-state index in [9.17, 15) is 4.39 Å². The number of nitrogens with one attached hydrogen (secondary N) is 1. The minimum atomic E-state index is -0.473. The number of nitrogens with zero attached hydrogens (tertiary/aromatic N) is 3. The fraction of sp³-hybridized carbons (Fsp3) is 0.100. The van der Waals surface area contributed by atoms with Crippen molar-refractivity contribution in [1.29, 1.82) is 0 Å². The molecular formula is C10H10FN5O. The second-order valence-corrected chi connectivity index (χ2v) is 3.19. The highest BCUT2D eigenvalue weighted by atomic mass is 19.1. The molecule has 0 aliphatic carbocycles. The van der Waals surface area contributed by atoms with Crippen molar-refractivity contribution in [1.82, 2.24) is 0 Å². The minimum absolute atomic E-state index is 0.173. The van der Waals surface area contributed by atoms with Crippen LogP contribution >= 0.6 is 0 Å². The summed E-state index contributed by atoms with van der Waals surface area (Å²) in [5.74, 6) is -0.0855. The fourth-order valence-electron chi connectivity index (χ4n) is 1.21. The van der Waals surface area contributed by atoms with Crippen molar-refractivity contribution in [3.05, 3.63) is 24.0 Å². The van der Waals surface area contributed by atoms with E-state index < -0.39 is 5.82 Å². The van der Waals surface area contributed by atoms with Gasteiger partial charge in [-0.1, -0.05) is 0 Å². The van der Waals surface area contributed by atoms with Crippen LogP contribution in [0.4, 0.5) is 10.1 Å². The highest BCUT2D eigenvalue weighted by Gasteiger charge is 2.07. The van der Waals surface area contributed by atoms with E-state index in [1.807, 2.05) is 0 Å². The number of hydrogen-bond donors (Lipinski definition) is 2. The predicted octanol–water partition coefficient (Wildman–Crippen LogP) is 0.959. The molecule has 1 heterocycles. The summed E-state index contributed by atoms with van der Waals surface area (Å²) >= 11 is 0. The predicted molar refractivity (Wildman–Crippen MR) is 64.1 cm³/mol. The summed E-state index contributed by atoms with van der Waals surface area (Å²) < 4.78 is 18.1. The van der Waals surface area contributed by atoms with Gasteiger partial charge in [-0.05, 0) is 12.1 Å². The van der Waals surface area contributed by atoms with Gasteiger partial charge in [-0.15, -0.1) is 5.10 Å². The Kier molecular flexibility index (Phi) is 2.99. The standard InChI is InChI=1S/C10H10FN5O/c1-17-9-3-2-6(4-7(9)11)14-15-8-5-13-16-10(8)12/h2-5,14H,1H3,(H2,12,15,16). The summed E-state index contributed by atoms with van der Waals surface area (Å²) in [6.45, 7) is 0. The van der Waals surface area contributed by atoms with Gasteiger partial charge in [0.25, 0.3) is 0 Å². The first kappa shape index (κ1) is 11.1. The van der Waals surface area contributed by atoms with Crippen molar-refractivity contribution < 1.29 is 9.13 Å². The van der Waals surface area contributed by atoms with Crippen LogP contribution in [-0.4, -0.2) is 24.9 Å². The Morgan fingerprint density at radius 3 is 2.88 bits per heavy atom. The van der Waals surface area contributed by atoms with Crippen molar-refractivity contribution in [2.45, 2.75) is 0 Å². The number of nitrogens with two attached hydrogens (primary N) is 1. The first-order chi connectivity index (χ1) is 8.20. The molecule has 1 aromatic carbocycles. The number of amidine groups is 1. The molecule has 6 nitrogen and oxygen atoms in total. The van der Waals surface area contributed by atoms with Gasteiger partial charge >= 0.3 is 0 Å². The smallest absolute Gasteiger partial charge is 0.175 e. The van der Waals surface area contributed by atoms with Gasteiger partial charge in [0.15, 0.2) is 17.4 Å². The Labute approximate surface area is 96.7 Å². The van der Waals surface area contributed by atoms with Crippen LogP contribution in [0, 0.1) is 5.82 Å². The highest BCUT2D eigenvalue weighted by Crippen LogP contribution is 2.20. The molecule has 0 atom stereocenters. The highest BCUT2D eigenvalue weighted by molar-refractivity contribution is 6.63. The lowest BCUT2D eigenvalue weighted by molar-refractivity contribution is 0.386. The molecule has 0 bridgehead atoms. The van der Waals surface area contributed by atoms with Crippen molar-refractivity contribution >= 4 is 23.4 Å². The average molecular weight is 235 g/mol. The molecule has 1 aromatic rings. The van der Waals surface area contributed by atoms with E-state index in [0.29, 0.717) is 11.4 Å². The molecule has 0 saturated carbocycles. The third-order valence-corrected chi connectivity index (χ3v) is 2.07. The van der Waals surface area contributed by atoms with Gasteiger partial charge in [0.2, 0.25) is 0 Å². The summed E-state index contributed by atoms with van der Waals surface area (Å²) in [6.07, 6.45) is 1.40. The number of rotatable bonds is 3. The zero-order valence-corrected chi connectivity index (χ0v) is 9.01. The zero-order valence-electron chi connectivity index (χ0n) is 9.01. The minimum Gasteiger partial charge on any atom is -0.494 e. The summed E-state index contributed by atoms with van der Waals surface area (Å²) in [5.41, 5.74) is 9.01. The number of hydrazone groups is 1. The van der Waals surface area contributed by atoms with Gasteiger partial charge in [-0.25, -0.2) is 4.39 Å². The molecule has 0 amide bonds. The summed E-state index contributed by atoms with van der Waals surface area (Å²) in [6, 6.07) is 4.39. The van der Waals surface area contributed by atoms with E-state index in [1.165, 1.54) is 25.5 Å². The quantitative estimate of drug-likeness (QED) is 0.765. The fourth-order valence-corrected chi connectivity index (χ4v) is 1.21. The van der Waals surface area contributed by atoms with Gasteiger partial charge in [0.05, 0.1) is 19.0 Å². The van der Waals surface area contributed by atoms with Gasteiger partial charge in [0.1, 0.15) is 5.71 Å². The molecule has 17 heavy (non-hydrogen) atoms. The topological polar surface area (TPSA) is 84.4 Å². The van der Waals surface area contributed by atoms with Gasteiger partial charge < -0.3 is 10.5 Å². The molecule has 0 spiro atoms. The number of anilines is 1. The maximum absolute atomic E-state index is 13.3. The van der Waals surface area contributed by atoms with Crippen LogP contribution in [0.3, 0.4) is 0 Å². The van der Waals surface area contributed by atoms with Crippen molar-refractivity contribution in [2.24, 2.45) is 21.0 Å². The van der Waals surface area contributed by atoms with E-state index in [1.54, 1.807) is 6.07 Å². The number of hydrogen-bond acceptors (Lipinski definition) is 6. The molecule has 3 N–H and O–H groups in total. The molecule has 0 aromatic heterocycles. The number of methoxy groups -OCH3 is 1. The van der Waals surface area contributed by atoms with E-state index in [-0.39, 0.29) is 11.6 Å². The normalized spacial score (nSPS) is 16.1. The van der Waals surface area contributed by atoms with Crippen molar-refractivity contribution in [3.63, 3.8) is 0 Å².